The molecule has 0 amide bonds. The highest BCUT2D eigenvalue weighted by molar-refractivity contribution is 7.86. The molecule has 1 rings (SSSR count). The Bertz CT molecular complexity index is 593. The molecule has 0 aliphatic heterocycles. The zero-order valence-corrected chi connectivity index (χ0v) is 10.8. The molecular formula is C9H5ClF6O3S. The van der Waals surface area contributed by atoms with Crippen LogP contribution in [-0.2, 0) is 20.5 Å². The summed E-state index contributed by atoms with van der Waals surface area (Å²) in [6, 6.07) is 1.50. The number of alkyl halides is 6. The summed E-state index contributed by atoms with van der Waals surface area (Å²) < 4.78 is 99.8. The summed E-state index contributed by atoms with van der Waals surface area (Å²) >= 11 is 5.31. The summed E-state index contributed by atoms with van der Waals surface area (Å²) in [6.07, 6.45) is -10.1. The molecule has 0 aliphatic rings. The van der Waals surface area contributed by atoms with Crippen LogP contribution < -0.4 is 0 Å². The second-order valence-electron chi connectivity index (χ2n) is 3.47. The number of benzene rings is 1. The fraction of sp³-hybridized carbons (Fsp3) is 0.333. The van der Waals surface area contributed by atoms with E-state index in [2.05, 4.69) is 4.18 Å². The molecule has 0 unspecified atom stereocenters. The van der Waals surface area contributed by atoms with E-state index < -0.39 is 44.6 Å². The molecule has 0 radical (unpaired) electrons. The lowest BCUT2D eigenvalue weighted by atomic mass is 10.2. The second kappa shape index (κ2) is 5.41. The van der Waals surface area contributed by atoms with Crippen LogP contribution in [0.2, 0.25) is 5.02 Å². The van der Waals surface area contributed by atoms with Crippen LogP contribution in [-0.4, -0.2) is 21.2 Å². The average Bonchev–Trinajstić information content (AvgIpc) is 2.24. The lowest BCUT2D eigenvalue weighted by Gasteiger charge is -2.14. The Morgan fingerprint density at radius 1 is 1.10 bits per heavy atom. The second-order valence-corrected chi connectivity index (χ2v) is 5.49. The monoisotopic (exact) mass is 342 g/mol. The first-order valence-corrected chi connectivity index (χ1v) is 6.44. The van der Waals surface area contributed by atoms with Crippen LogP contribution in [0.3, 0.4) is 0 Å². The Hall–Kier alpha value is -1.00. The van der Waals surface area contributed by atoms with Crippen LogP contribution >= 0.6 is 11.6 Å². The number of hydrogen-bond donors (Lipinski definition) is 0. The highest BCUT2D eigenvalue weighted by Crippen LogP contribution is 2.36. The SMILES string of the molecule is O=S(=O)(OCC(F)(F)F)c1ccc(Cl)cc1C(F)(F)F. The molecule has 11 heteroatoms. The van der Waals surface area contributed by atoms with E-state index >= 15 is 0 Å². The van der Waals surface area contributed by atoms with Gasteiger partial charge in [-0.15, -0.1) is 0 Å². The molecule has 3 nitrogen and oxygen atoms in total. The van der Waals surface area contributed by atoms with Crippen molar-refractivity contribution >= 4 is 21.7 Å². The van der Waals surface area contributed by atoms with Gasteiger partial charge < -0.3 is 0 Å². The maximum atomic E-state index is 12.6. The van der Waals surface area contributed by atoms with E-state index in [4.69, 9.17) is 11.6 Å². The van der Waals surface area contributed by atoms with Crippen LogP contribution in [0.1, 0.15) is 5.56 Å². The quantitative estimate of drug-likeness (QED) is 0.622. The van der Waals surface area contributed by atoms with Gasteiger partial charge >= 0.3 is 12.4 Å². The molecule has 0 aliphatic carbocycles. The Labute approximate surface area is 114 Å². The van der Waals surface area contributed by atoms with Gasteiger partial charge in [0.2, 0.25) is 0 Å². The molecule has 0 saturated carbocycles. The molecule has 20 heavy (non-hydrogen) atoms. The van der Waals surface area contributed by atoms with Gasteiger partial charge in [-0.2, -0.15) is 34.8 Å². The molecule has 0 spiro atoms. The highest BCUT2D eigenvalue weighted by atomic mass is 35.5. The Balaban J connectivity index is 3.25. The first-order chi connectivity index (χ1) is 8.83. The van der Waals surface area contributed by atoms with Gasteiger partial charge in [0.05, 0.1) is 5.56 Å². The topological polar surface area (TPSA) is 43.4 Å². The van der Waals surface area contributed by atoms with Crippen molar-refractivity contribution in [2.45, 2.75) is 17.2 Å². The lowest BCUT2D eigenvalue weighted by Crippen LogP contribution is -2.22. The summed E-state index contributed by atoms with van der Waals surface area (Å²) in [4.78, 5) is -1.43. The fourth-order valence-corrected chi connectivity index (χ4v) is 2.42. The van der Waals surface area contributed by atoms with Crippen LogP contribution in [0.4, 0.5) is 26.3 Å². The van der Waals surface area contributed by atoms with Crippen molar-refractivity contribution in [3.05, 3.63) is 28.8 Å². The number of hydrogen-bond acceptors (Lipinski definition) is 3. The molecular weight excluding hydrogens is 338 g/mol. The van der Waals surface area contributed by atoms with Crippen molar-refractivity contribution in [1.82, 2.24) is 0 Å². The van der Waals surface area contributed by atoms with Crippen molar-refractivity contribution in [3.8, 4) is 0 Å². The molecule has 1 aromatic carbocycles. The van der Waals surface area contributed by atoms with Gasteiger partial charge in [0, 0.05) is 5.02 Å². The van der Waals surface area contributed by atoms with Crippen LogP contribution in [0, 0.1) is 0 Å². The first kappa shape index (κ1) is 17.1. The molecule has 0 heterocycles. The minimum atomic E-state index is -5.22. The predicted octanol–water partition coefficient (Wildman–Crippen LogP) is 3.63. The Kier molecular flexibility index (Phi) is 4.62. The van der Waals surface area contributed by atoms with Crippen molar-refractivity contribution in [2.24, 2.45) is 0 Å². The minimum Gasteiger partial charge on any atom is -0.257 e. The lowest BCUT2D eigenvalue weighted by molar-refractivity contribution is -0.152. The fourth-order valence-electron chi connectivity index (χ4n) is 1.15. The van der Waals surface area contributed by atoms with Crippen LogP contribution in [0.25, 0.3) is 0 Å². The predicted molar refractivity (Wildman–Crippen MR) is 55.6 cm³/mol. The number of halogens is 7. The smallest absolute Gasteiger partial charge is 0.257 e. The van der Waals surface area contributed by atoms with Gasteiger partial charge in [-0.05, 0) is 18.2 Å². The largest absolute Gasteiger partial charge is 0.417 e. The van der Waals surface area contributed by atoms with Gasteiger partial charge in [-0.3, -0.25) is 4.18 Å². The van der Waals surface area contributed by atoms with Gasteiger partial charge in [-0.1, -0.05) is 11.6 Å². The maximum Gasteiger partial charge on any atom is 0.417 e. The molecule has 114 valence electrons. The van der Waals surface area contributed by atoms with E-state index in [-0.39, 0.29) is 6.07 Å². The normalized spacial score (nSPS) is 13.6. The summed E-state index contributed by atoms with van der Waals surface area (Å²) in [5.41, 5.74) is -1.70. The van der Waals surface area contributed by atoms with Crippen LogP contribution in [0.15, 0.2) is 23.1 Å². The average molecular weight is 343 g/mol. The van der Waals surface area contributed by atoms with Crippen molar-refractivity contribution in [1.29, 1.82) is 0 Å². The van der Waals surface area contributed by atoms with Crippen molar-refractivity contribution in [3.63, 3.8) is 0 Å². The molecule has 0 fully saturated rings. The van der Waals surface area contributed by atoms with E-state index in [1.165, 1.54) is 0 Å². The summed E-state index contributed by atoms with van der Waals surface area (Å²) in [5.74, 6) is 0. The Morgan fingerprint density at radius 2 is 1.65 bits per heavy atom. The Morgan fingerprint density at radius 3 is 2.10 bits per heavy atom. The molecule has 0 N–H and O–H groups in total. The van der Waals surface area contributed by atoms with Crippen LogP contribution in [0.5, 0.6) is 0 Å². The third kappa shape index (κ3) is 4.53. The van der Waals surface area contributed by atoms with E-state index in [0.717, 1.165) is 6.07 Å². The number of rotatable bonds is 3. The highest BCUT2D eigenvalue weighted by Gasteiger charge is 2.39. The van der Waals surface area contributed by atoms with Crippen molar-refractivity contribution < 1.29 is 38.9 Å². The zero-order valence-electron chi connectivity index (χ0n) is 9.22. The molecule has 1 aromatic rings. The molecule has 0 bridgehead atoms. The van der Waals surface area contributed by atoms with Gasteiger partial charge in [0.1, 0.15) is 4.90 Å². The van der Waals surface area contributed by atoms with E-state index in [1.807, 2.05) is 0 Å². The maximum absolute atomic E-state index is 12.6. The standard InChI is InChI=1S/C9H5ClF6O3S/c10-5-1-2-7(6(3-5)9(14,15)16)20(17,18)19-4-8(11,12)13/h1-3H,4H2. The minimum absolute atomic E-state index is 0.283. The van der Waals surface area contributed by atoms with E-state index in [9.17, 15) is 34.8 Å². The zero-order chi connectivity index (χ0) is 15.8. The third-order valence-corrected chi connectivity index (χ3v) is 3.45. The summed E-state index contributed by atoms with van der Waals surface area (Å²) in [5, 5.41) is -0.424. The van der Waals surface area contributed by atoms with Gasteiger partial charge in [0.25, 0.3) is 10.1 Å². The van der Waals surface area contributed by atoms with Gasteiger partial charge in [0.15, 0.2) is 6.61 Å². The van der Waals surface area contributed by atoms with E-state index in [0.29, 0.717) is 6.07 Å². The van der Waals surface area contributed by atoms with Gasteiger partial charge in [-0.25, -0.2) is 0 Å². The third-order valence-electron chi connectivity index (χ3n) is 1.89. The molecule has 0 aromatic heterocycles. The first-order valence-electron chi connectivity index (χ1n) is 4.66. The molecule has 0 atom stereocenters. The van der Waals surface area contributed by atoms with Crippen molar-refractivity contribution in [2.75, 3.05) is 6.61 Å². The summed E-state index contributed by atoms with van der Waals surface area (Å²) in [7, 11) is -5.22. The molecule has 0 saturated heterocycles. The summed E-state index contributed by atoms with van der Waals surface area (Å²) in [6.45, 7) is -2.23. The van der Waals surface area contributed by atoms with E-state index in [1.54, 1.807) is 0 Å².